The summed E-state index contributed by atoms with van der Waals surface area (Å²) in [5.41, 5.74) is -0.0397. The Morgan fingerprint density at radius 3 is 1.58 bits per heavy atom. The Balaban J connectivity index is 0.00000840. The van der Waals surface area contributed by atoms with Gasteiger partial charge in [0.15, 0.2) is 5.71 Å². The minimum absolute atomic E-state index is 0. The van der Waals surface area contributed by atoms with Gasteiger partial charge >= 0.3 is 51.4 Å². The quantitative estimate of drug-likeness (QED) is 0.0404. The van der Waals surface area contributed by atoms with E-state index in [9.17, 15) is 77.8 Å². The fourth-order valence-electron chi connectivity index (χ4n) is 8.67. The molecule has 4 aromatic rings. The molecule has 0 aromatic heterocycles. The van der Waals surface area contributed by atoms with E-state index in [-0.39, 0.29) is 98.9 Å². The molecule has 0 fully saturated rings. The van der Waals surface area contributed by atoms with Gasteiger partial charge in [-0.2, -0.15) is 55.1 Å². The maximum absolute atomic E-state index is 12.5. The third-order valence-corrected chi connectivity index (χ3v) is 16.9. The fraction of sp³-hybridized carbons (Fsp3) is 0.308. The van der Waals surface area contributed by atoms with Crippen molar-refractivity contribution in [3.8, 4) is 0 Å². The Bertz CT molecular complexity index is 3610. The van der Waals surface area contributed by atoms with Gasteiger partial charge in [-0.3, -0.25) is 27.3 Å². The average Bonchev–Trinajstić information content (AvgIpc) is 3.50. The van der Waals surface area contributed by atoms with E-state index in [0.29, 0.717) is 50.5 Å². The molecule has 67 heavy (non-hydrogen) atoms. The molecule has 0 saturated carbocycles. The number of hydrogen-bond donors (Lipinski definition) is 6. The van der Waals surface area contributed by atoms with E-state index < -0.39 is 103 Å². The van der Waals surface area contributed by atoms with Crippen LogP contribution in [0.5, 0.6) is 0 Å². The zero-order chi connectivity index (χ0) is 49.5. The van der Waals surface area contributed by atoms with Crippen molar-refractivity contribution in [1.82, 2.24) is 0 Å². The summed E-state index contributed by atoms with van der Waals surface area (Å²) >= 11 is 3.52. The molecule has 6 N–H and O–H groups in total. The summed E-state index contributed by atoms with van der Waals surface area (Å²) in [7, 11) is -29.0. The van der Waals surface area contributed by atoms with Gasteiger partial charge in [0.1, 0.15) is 16.3 Å². The van der Waals surface area contributed by atoms with Crippen LogP contribution in [0.25, 0.3) is 21.5 Å². The van der Waals surface area contributed by atoms with Crippen molar-refractivity contribution in [2.24, 2.45) is 0 Å². The molecule has 20 nitrogen and oxygen atoms in total. The predicted molar refractivity (Wildman–Crippen MR) is 254 cm³/mol. The van der Waals surface area contributed by atoms with Crippen molar-refractivity contribution >= 4 is 167 Å². The van der Waals surface area contributed by atoms with Crippen LogP contribution in [-0.2, 0) is 71.5 Å². The normalized spacial score (nSPS) is 17.4. The molecule has 2 aliphatic heterocycles. The molecular formula is C39H43BrKN2O18S6+. The summed E-state index contributed by atoms with van der Waals surface area (Å²) in [6.45, 7) is 6.72. The van der Waals surface area contributed by atoms with Crippen LogP contribution in [-0.4, -0.2) is 164 Å². The molecule has 360 valence electrons. The summed E-state index contributed by atoms with van der Waals surface area (Å²) in [5.74, 6) is -1.30. The number of halogens is 1. The molecule has 0 aliphatic carbocycles. The molecule has 0 spiro atoms. The Morgan fingerprint density at radius 1 is 0.627 bits per heavy atom. The van der Waals surface area contributed by atoms with E-state index in [4.69, 9.17) is 0 Å². The number of rotatable bonds is 15. The number of anilines is 1. The van der Waals surface area contributed by atoms with Crippen LogP contribution in [0.4, 0.5) is 11.4 Å². The van der Waals surface area contributed by atoms with Crippen molar-refractivity contribution in [2.75, 3.05) is 29.5 Å². The molecule has 28 heteroatoms. The summed E-state index contributed by atoms with van der Waals surface area (Å²) < 4.78 is 208. The standard InChI is InChI=1S/C39H41BrN2O18S6.K.H/c1-38(2)34(41(15-5-17-61(43,44)45)30-11-9-26-28(36(30)38)19-24(63(49,50)51)21-32(26)65(55,56)57)13-7-23(40)8-14-35-39(3,4)37-29-20-25(64(52,53)54)22-33(66(58,59)60)27(29)10-12-31(37)42(35)16-6-18-62(46,47)48;;/h7-14,19-22H,5-6,15-18H2,1-4H3,(H5-,43,44,45,46,47,48,49,50,51,52,53,54,55,56,57,58,59,60);;/p+1. The second kappa shape index (κ2) is 19.0. The zero-order valence-corrected chi connectivity index (χ0v) is 41.5. The van der Waals surface area contributed by atoms with Gasteiger partial charge < -0.3 is 4.90 Å². The molecule has 0 amide bonds. The number of fused-ring (bicyclic) bond motifs is 6. The van der Waals surface area contributed by atoms with E-state index in [1.807, 2.05) is 0 Å². The van der Waals surface area contributed by atoms with Crippen LogP contribution in [0, 0.1) is 0 Å². The van der Waals surface area contributed by atoms with Crippen molar-refractivity contribution in [1.29, 1.82) is 0 Å². The Hall–Kier alpha value is -2.33. The molecule has 0 saturated heterocycles. The first kappa shape index (κ1) is 55.6. The molecule has 0 unspecified atom stereocenters. The van der Waals surface area contributed by atoms with Gasteiger partial charge in [-0.1, -0.05) is 35.8 Å². The van der Waals surface area contributed by atoms with Crippen molar-refractivity contribution in [3.63, 3.8) is 0 Å². The third-order valence-electron chi connectivity index (χ3n) is 11.3. The summed E-state index contributed by atoms with van der Waals surface area (Å²) in [6, 6.07) is 8.92. The predicted octanol–water partition coefficient (Wildman–Crippen LogP) is 4.78. The van der Waals surface area contributed by atoms with E-state index in [0.717, 1.165) is 12.1 Å². The number of allylic oxidation sites excluding steroid dienone is 6. The van der Waals surface area contributed by atoms with Crippen LogP contribution < -0.4 is 4.90 Å². The molecule has 2 heterocycles. The van der Waals surface area contributed by atoms with Crippen LogP contribution >= 0.6 is 15.9 Å². The van der Waals surface area contributed by atoms with E-state index >= 15 is 0 Å². The van der Waals surface area contributed by atoms with E-state index in [2.05, 4.69) is 15.9 Å². The number of benzene rings is 4. The van der Waals surface area contributed by atoms with Crippen molar-refractivity contribution in [3.05, 3.63) is 94.1 Å². The van der Waals surface area contributed by atoms with Gasteiger partial charge in [-0.25, -0.2) is 0 Å². The molecule has 0 radical (unpaired) electrons. The first-order valence-corrected chi connectivity index (χ1v) is 28.9. The van der Waals surface area contributed by atoms with Crippen LogP contribution in [0.15, 0.2) is 103 Å². The van der Waals surface area contributed by atoms with Crippen LogP contribution in [0.2, 0.25) is 0 Å². The van der Waals surface area contributed by atoms with Crippen LogP contribution in [0.3, 0.4) is 0 Å². The molecule has 6 rings (SSSR count). The Kier molecular flexibility index (Phi) is 15.8. The van der Waals surface area contributed by atoms with Gasteiger partial charge in [0, 0.05) is 62.7 Å². The molecule has 4 aromatic carbocycles. The molecular weight excluding hydrogens is 1100 g/mol. The Morgan fingerprint density at radius 2 is 1.10 bits per heavy atom. The molecule has 0 atom stereocenters. The summed E-state index contributed by atoms with van der Waals surface area (Å²) in [5, 5.41) is -0.158. The number of nitrogens with zero attached hydrogens (tertiary/aromatic N) is 2. The second-order valence-corrected chi connectivity index (χ2v) is 26.2. The van der Waals surface area contributed by atoms with Gasteiger partial charge in [-0.05, 0) is 91.2 Å². The zero-order valence-electron chi connectivity index (χ0n) is 35.0. The van der Waals surface area contributed by atoms with Gasteiger partial charge in [0.2, 0.25) is 5.69 Å². The first-order chi connectivity index (χ1) is 29.9. The maximum atomic E-state index is 12.5. The molecule has 0 bridgehead atoms. The third kappa shape index (κ3) is 11.7. The molecule has 2 aliphatic rings. The average molecular weight is 1140 g/mol. The fourth-order valence-corrected chi connectivity index (χ4v) is 12.6. The van der Waals surface area contributed by atoms with E-state index in [1.54, 1.807) is 61.5 Å². The summed E-state index contributed by atoms with van der Waals surface area (Å²) in [6.07, 6.45) is 6.15. The second-order valence-electron chi connectivity index (χ2n) is 16.5. The van der Waals surface area contributed by atoms with E-state index in [1.165, 1.54) is 24.3 Å². The topological polar surface area (TPSA) is 332 Å². The number of hydrogen-bond acceptors (Lipinski definition) is 13. The van der Waals surface area contributed by atoms with Crippen molar-refractivity contribution in [2.45, 2.75) is 70.9 Å². The Labute approximate surface area is 438 Å². The SMILES string of the molecule is CC1(C)C(/C=C/C(Br)=C/C=C2\N(CCCS(=O)(=O)O)c3ccc4c(S(=O)(=O)O)cc(S(=O)(=O)O)cc4c3C2(C)C)=[N+](CCCS(=O)(=O)O)c2ccc3c(S(=O)(=O)O)cc(S(=O)(=O)O)cc3c21.[KH]. The van der Waals surface area contributed by atoms with Crippen LogP contribution in [0.1, 0.15) is 51.7 Å². The summed E-state index contributed by atoms with van der Waals surface area (Å²) in [4.78, 5) is -1.60. The van der Waals surface area contributed by atoms with Gasteiger partial charge in [-0.15, -0.1) is 0 Å². The van der Waals surface area contributed by atoms with Gasteiger partial charge in [0.05, 0.1) is 26.7 Å². The van der Waals surface area contributed by atoms with Gasteiger partial charge in [0.25, 0.3) is 60.7 Å². The first-order valence-electron chi connectivity index (χ1n) is 19.2. The monoisotopic (exact) mass is 1140 g/mol. The van der Waals surface area contributed by atoms with Crippen molar-refractivity contribution < 1.29 is 82.4 Å². The minimum atomic E-state index is -5.06.